The molecule has 0 saturated carbocycles. The third-order valence-corrected chi connectivity index (χ3v) is 29.0. The molecule has 4 aromatic carbocycles. The molecule has 0 unspecified atom stereocenters. The minimum absolute atomic E-state index is 0.000186. The second-order valence-electron chi connectivity index (χ2n) is 39.6. The van der Waals surface area contributed by atoms with Crippen molar-refractivity contribution < 1.29 is 127 Å². The summed E-state index contributed by atoms with van der Waals surface area (Å²) in [5.74, 6) is -23.7. The summed E-state index contributed by atoms with van der Waals surface area (Å²) >= 11 is 0. The summed E-state index contributed by atoms with van der Waals surface area (Å²) in [6.45, 7) is 6.48. The van der Waals surface area contributed by atoms with Gasteiger partial charge in [0.25, 0.3) is 0 Å². The first kappa shape index (κ1) is 118. The molecule has 0 aliphatic carbocycles. The van der Waals surface area contributed by atoms with E-state index in [0.29, 0.717) is 50.3 Å². The lowest BCUT2D eigenvalue weighted by molar-refractivity contribution is -0.146. The van der Waals surface area contributed by atoms with Gasteiger partial charge in [0.2, 0.25) is 88.6 Å². The Balaban J connectivity index is 1.04. The zero-order valence-electron chi connectivity index (χ0n) is 84.7. The topological polar surface area (TPSA) is 701 Å². The van der Waals surface area contributed by atoms with E-state index in [1.54, 1.807) is 149 Å². The van der Waals surface area contributed by atoms with Crippen molar-refractivity contribution in [3.63, 3.8) is 0 Å². The largest absolute Gasteiger partial charge is 0.481 e. The van der Waals surface area contributed by atoms with Crippen molar-refractivity contribution in [2.75, 3.05) is 130 Å². The summed E-state index contributed by atoms with van der Waals surface area (Å²) in [4.78, 5) is 302. The van der Waals surface area contributed by atoms with Crippen LogP contribution in [0.1, 0.15) is 122 Å². The van der Waals surface area contributed by atoms with E-state index in [1.807, 2.05) is 0 Å². The number of fused-ring (bicyclic) bond motifs is 3. The van der Waals surface area contributed by atoms with Crippen molar-refractivity contribution in [1.29, 1.82) is 0 Å². The van der Waals surface area contributed by atoms with Crippen LogP contribution >= 0.6 is 21.6 Å². The van der Waals surface area contributed by atoms with Crippen molar-refractivity contribution in [3.8, 4) is 0 Å². The molecular formula is C100H138N22O26S2. The van der Waals surface area contributed by atoms with Crippen LogP contribution in [-0.2, 0) is 115 Å². The Labute approximate surface area is 873 Å². The van der Waals surface area contributed by atoms with Crippen molar-refractivity contribution in [3.05, 3.63) is 120 Å². The van der Waals surface area contributed by atoms with E-state index in [4.69, 9.17) is 11.5 Å². The lowest BCUT2D eigenvalue weighted by Crippen LogP contribution is -2.62. The van der Waals surface area contributed by atoms with Crippen LogP contribution < -0.4 is 70.0 Å². The maximum atomic E-state index is 16.0. The maximum Gasteiger partial charge on any atom is 0.317 e. The molecule has 816 valence electrons. The first-order chi connectivity index (χ1) is 71.2. The predicted molar refractivity (Wildman–Crippen MR) is 551 cm³/mol. The number of aromatic amines is 2. The van der Waals surface area contributed by atoms with Gasteiger partial charge in [-0.25, -0.2) is 0 Å². The molecule has 0 radical (unpaired) electrons. The van der Waals surface area contributed by atoms with Gasteiger partial charge in [0.15, 0.2) is 0 Å². The Morgan fingerprint density at radius 3 is 1.54 bits per heavy atom. The molecule has 4 fully saturated rings. The number of aliphatic hydroxyl groups is 1. The number of carboxylic acid groups (broad SMARTS) is 5. The number of carboxylic acids is 5. The molecule has 23 N–H and O–H groups in total. The van der Waals surface area contributed by atoms with Crippen LogP contribution in [-0.4, -0.2) is 402 Å². The monoisotopic (exact) mass is 2130 g/mol. The number of likely N-dealkylation sites (tertiary alicyclic amines) is 2. The number of aliphatic hydroxyl groups excluding tert-OH is 1. The number of hydrogen-bond acceptors (Lipinski definition) is 28. The van der Waals surface area contributed by atoms with Gasteiger partial charge in [0.1, 0.15) is 72.5 Å². The maximum absolute atomic E-state index is 16.0. The van der Waals surface area contributed by atoms with E-state index in [1.165, 1.54) is 25.8 Å². The van der Waals surface area contributed by atoms with Gasteiger partial charge in [0.05, 0.1) is 51.7 Å². The number of carbonyl (C=O) groups is 20. The molecule has 6 aromatic rings. The smallest absolute Gasteiger partial charge is 0.317 e. The molecule has 2 aromatic heterocycles. The number of aliphatic carboxylic acids is 5. The number of hydrogen-bond donors (Lipinski definition) is 21. The minimum atomic E-state index is -2.20. The molecule has 13 atom stereocenters. The lowest BCUT2D eigenvalue weighted by atomic mass is 9.86. The predicted octanol–water partition coefficient (Wildman–Crippen LogP) is -2.49. The van der Waals surface area contributed by atoms with E-state index in [0.717, 1.165) is 31.9 Å². The van der Waals surface area contributed by atoms with Gasteiger partial charge >= 0.3 is 29.8 Å². The zero-order chi connectivity index (χ0) is 109. The molecule has 0 spiro atoms. The normalized spacial score (nSPS) is 21.3. The van der Waals surface area contributed by atoms with Crippen LogP contribution in [0.5, 0.6) is 0 Å². The standard InChI is InChI=1S/C100H138N22O26S2/c1-57(123)87(115-94(143)72(106-58(2)124)43-63-48-104-67-20-11-9-18-65(63)67)99(148)116(6)79(47-100(3,4)5)97(146)114-77-56-150-149-55-76(96(145)112-75(98(147)122-29-15-23-78(122)88(102)137)44-64-49-105-68-21-12-10-19-66(64)68)113-93(142)74(46-82(127)128)111-89(138)69(22-13-14-28-103-81(126)50-118-32-34-119(52-84(131)132)36-38-121(54-86(135)136)39-37-120(35-33-118)53-85(133)134)107-90(139)71(42-60-24-25-61-16-7-8-17-62(61)40-60)108-92(141)73(45-80(101)125)110-91(140)70(109-95(77)144)41-59-26-30-117(31-27-59)51-83(129)130/h7-12,16-21,24-25,40,48-49,57,59,69-79,87,104-105,123H,13-15,22-23,26-39,41-47,50-56H2,1-6H3,(H2,101,125)(H2,102,137)(H,103,126)(H,106,124)(H,107,139)(H,108,141)(H,109,144)(H,110,140)(H,111,138)(H,112,145)(H,113,142)(H,114,146)(H,115,143)(H,127,128)(H,129,130)(H,131,132)(H,133,134)(H,135,136)/t57-,69+,70+,71+,72+,73+,74+,75+,76+,77+,78+,79+,87+/m1/s1. The molecule has 48 nitrogen and oxygen atoms in total. The van der Waals surface area contributed by atoms with Gasteiger partial charge < -0.3 is 120 Å². The van der Waals surface area contributed by atoms with Gasteiger partial charge in [-0.05, 0) is 129 Å². The number of unbranched alkanes of at least 4 members (excludes halogenated alkanes) is 1. The van der Waals surface area contributed by atoms with Gasteiger partial charge in [-0.2, -0.15) is 0 Å². The van der Waals surface area contributed by atoms with Gasteiger partial charge in [0, 0.05) is 144 Å². The summed E-state index contributed by atoms with van der Waals surface area (Å²) in [7, 11) is 2.68. The average Bonchev–Trinajstić information content (AvgIpc) is 1.37. The van der Waals surface area contributed by atoms with Gasteiger partial charge in [-0.15, -0.1) is 0 Å². The van der Waals surface area contributed by atoms with Crippen LogP contribution in [0.15, 0.2) is 103 Å². The Kier molecular flexibility index (Phi) is 44.5. The van der Waals surface area contributed by atoms with E-state index in [2.05, 4.69) is 68.5 Å². The molecule has 50 heteroatoms. The molecule has 4 aliphatic rings. The number of rotatable bonds is 40. The summed E-state index contributed by atoms with van der Waals surface area (Å²) < 4.78 is 0. The summed E-state index contributed by atoms with van der Waals surface area (Å²) in [5.41, 5.74) is 13.7. The highest BCUT2D eigenvalue weighted by molar-refractivity contribution is 8.76. The van der Waals surface area contributed by atoms with E-state index in [-0.39, 0.29) is 149 Å². The Morgan fingerprint density at radius 2 is 1.00 bits per heavy atom. The fraction of sp³-hybridized carbons (Fsp3) is 0.540. The number of aromatic nitrogens is 2. The van der Waals surface area contributed by atoms with Gasteiger partial charge in [-0.3, -0.25) is 120 Å². The Morgan fingerprint density at radius 1 is 0.513 bits per heavy atom. The van der Waals surface area contributed by atoms with E-state index < -0.39 is 265 Å². The number of primary amides is 2. The zero-order valence-corrected chi connectivity index (χ0v) is 86.3. The molecule has 15 amide bonds. The number of piperidine rings is 1. The third-order valence-electron chi connectivity index (χ3n) is 26.6. The molecule has 4 saturated heterocycles. The number of nitrogens with zero attached hydrogens (tertiary/aromatic N) is 7. The fourth-order valence-electron chi connectivity index (χ4n) is 18.8. The second-order valence-corrected chi connectivity index (χ2v) is 42.2. The van der Waals surface area contributed by atoms with Gasteiger partial charge in [-0.1, -0.05) is 121 Å². The Bertz CT molecular complexity index is 5800. The third kappa shape index (κ3) is 36.8. The minimum Gasteiger partial charge on any atom is -0.481 e. The summed E-state index contributed by atoms with van der Waals surface area (Å²) in [5, 5.41) is 93.3. The van der Waals surface area contributed by atoms with Crippen molar-refractivity contribution in [2.24, 2.45) is 22.8 Å². The first-order valence-corrected chi connectivity index (χ1v) is 52.3. The molecule has 0 bridgehead atoms. The second kappa shape index (κ2) is 56.6. The van der Waals surface area contributed by atoms with Crippen LogP contribution in [0.4, 0.5) is 0 Å². The quantitative estimate of drug-likeness (QED) is 0.0140. The highest BCUT2D eigenvalue weighted by Crippen LogP contribution is 2.31. The number of likely N-dealkylation sites (N-methyl/N-ethyl adjacent to an activating group) is 1. The number of para-hydroxylation sites is 2. The lowest BCUT2D eigenvalue weighted by Gasteiger charge is -2.36. The molecule has 6 heterocycles. The van der Waals surface area contributed by atoms with Crippen molar-refractivity contribution in [1.82, 2.24) is 103 Å². The average molecular weight is 2130 g/mol. The SMILES string of the molecule is CC(=O)N[C@@H](Cc1c[nH]c2ccccc12)C(=O)N[C@H](C(=O)N(C)[C@@H](CC(C)(C)C)C(=O)N[C@H]1CSSC[C@@H](C(=O)N[C@@H](Cc2c[nH]c3ccccc23)C(=O)N2CCC[C@H]2C(N)=O)NC(=O)[C@H](CC(=O)O)NC(=O)[C@H](CCCCNC(=O)CN2CCN(CC(=O)O)CCN(CC(=O)O)CCN(CC(=O)O)CC2)NC(=O)[C@H](Cc2ccc3ccccc3c2)NC(=O)[C@H](CC(N)=O)NC(=O)[C@H](CC2CCN(CC(=O)O)CC2)NC1=O)[C@@H](C)O. The first-order valence-electron chi connectivity index (χ1n) is 49.8. The summed E-state index contributed by atoms with van der Waals surface area (Å²) in [6, 6.07) is 5.10. The van der Waals surface area contributed by atoms with E-state index >= 15 is 47.9 Å². The molecular weight excluding hydrogens is 1990 g/mol. The number of carbonyl (C=O) groups excluding carboxylic acids is 15. The number of amides is 15. The highest BCUT2D eigenvalue weighted by Gasteiger charge is 2.44. The number of benzene rings is 4. The highest BCUT2D eigenvalue weighted by atomic mass is 33.1. The van der Waals surface area contributed by atoms with Crippen LogP contribution in [0, 0.1) is 11.3 Å². The number of H-pyrrole nitrogens is 2. The molecule has 150 heavy (non-hydrogen) atoms. The number of nitrogens with two attached hydrogens (primary N) is 2. The number of nitrogens with one attached hydrogen (secondary N) is 13. The van der Waals surface area contributed by atoms with Crippen LogP contribution in [0.3, 0.4) is 0 Å². The van der Waals surface area contributed by atoms with E-state index in [9.17, 15) is 78.6 Å². The molecule has 10 rings (SSSR count). The summed E-state index contributed by atoms with van der Waals surface area (Å²) in [6.07, 6.45) is -1.72. The van der Waals surface area contributed by atoms with Crippen molar-refractivity contribution in [2.45, 2.75) is 203 Å². The van der Waals surface area contributed by atoms with Crippen LogP contribution in [0.25, 0.3) is 32.6 Å². The molecule has 4 aliphatic heterocycles. The fourth-order valence-corrected chi connectivity index (χ4v) is 21.1. The van der Waals surface area contributed by atoms with Crippen LogP contribution in [0.2, 0.25) is 0 Å². The Hall–Kier alpha value is -13.9. The van der Waals surface area contributed by atoms with Crippen molar-refractivity contribution >= 4 is 173 Å².